The van der Waals surface area contributed by atoms with Gasteiger partial charge in [-0.05, 0) is 0 Å². The van der Waals surface area contributed by atoms with Gasteiger partial charge in [0.1, 0.15) is 0 Å². The molecule has 0 N–H and O–H groups in total. The molecule has 4 nitrogen and oxygen atoms in total. The molecule has 4 atom stereocenters. The Kier molecular flexibility index (Phi) is 8.70. The van der Waals surface area contributed by atoms with Crippen LogP contribution in [0.15, 0.2) is 58.3 Å². The molecule has 0 spiro atoms. The molecule has 2 aromatic carbocycles. The summed E-state index contributed by atoms with van der Waals surface area (Å²) in [5.74, 6) is 0. The molecule has 0 radical (unpaired) electrons. The van der Waals surface area contributed by atoms with Crippen LogP contribution in [-0.4, -0.2) is 53.6 Å². The van der Waals surface area contributed by atoms with Gasteiger partial charge in [-0.25, -0.2) is 0 Å². The van der Waals surface area contributed by atoms with Crippen molar-refractivity contribution in [3.05, 3.63) is 59.7 Å². The summed E-state index contributed by atoms with van der Waals surface area (Å²) in [5, 5.41) is -0.636. The van der Waals surface area contributed by atoms with Crippen LogP contribution in [0.5, 0.6) is 0 Å². The van der Waals surface area contributed by atoms with Crippen LogP contribution in [0.25, 0.3) is 0 Å². The molecule has 0 amide bonds. The van der Waals surface area contributed by atoms with Crippen LogP contribution in [-0.2, 0) is 19.7 Å². The van der Waals surface area contributed by atoms with E-state index in [1.165, 1.54) is 0 Å². The quantitative estimate of drug-likeness (QED) is 0.387. The maximum absolute atomic E-state index is 13.5. The van der Waals surface area contributed by atoms with Crippen LogP contribution < -0.4 is 0 Å². The number of sulfone groups is 2. The molecule has 4 unspecified atom stereocenters. The molecule has 186 valence electrons. The minimum atomic E-state index is -3.36. The topological polar surface area (TPSA) is 68.3 Å². The van der Waals surface area contributed by atoms with Crippen LogP contribution in [0.2, 0.25) is 9.63 Å². The van der Waals surface area contributed by atoms with Crippen molar-refractivity contribution in [3.8, 4) is 0 Å². The first-order chi connectivity index (χ1) is 16.2. The van der Waals surface area contributed by atoms with Gasteiger partial charge in [0, 0.05) is 0 Å². The molecule has 2 fully saturated rings. The SMILES string of the molecule is Cc1ccc(S(=O)(=O)C2CCCCC2[Se][Se]C2CCCCC2S(=O)(=O)c2ccc(C)cc2)cc1. The third-order valence-electron chi connectivity index (χ3n) is 7.08. The Labute approximate surface area is 216 Å². The van der Waals surface area contributed by atoms with Crippen molar-refractivity contribution < 1.29 is 16.8 Å². The van der Waals surface area contributed by atoms with E-state index in [4.69, 9.17) is 0 Å². The van der Waals surface area contributed by atoms with Gasteiger partial charge < -0.3 is 0 Å². The van der Waals surface area contributed by atoms with E-state index < -0.39 is 19.7 Å². The van der Waals surface area contributed by atoms with E-state index in [0.29, 0.717) is 9.79 Å². The number of hydrogen-bond donors (Lipinski definition) is 0. The van der Waals surface area contributed by atoms with Gasteiger partial charge in [-0.3, -0.25) is 0 Å². The Morgan fingerprint density at radius 2 is 0.882 bits per heavy atom. The third kappa shape index (κ3) is 5.85. The van der Waals surface area contributed by atoms with Crippen LogP contribution in [0.3, 0.4) is 0 Å². The summed E-state index contributed by atoms with van der Waals surface area (Å²) < 4.78 is 54.1. The average molecular weight is 633 g/mol. The summed E-state index contributed by atoms with van der Waals surface area (Å²) in [6, 6.07) is 14.5. The van der Waals surface area contributed by atoms with Crippen molar-refractivity contribution in [2.24, 2.45) is 0 Å². The molecule has 0 saturated heterocycles. The van der Waals surface area contributed by atoms with E-state index in [0.717, 1.165) is 62.5 Å². The fraction of sp³-hybridized carbons (Fsp3) is 0.538. The monoisotopic (exact) mass is 634 g/mol. The first kappa shape index (κ1) is 26.4. The molecule has 2 aliphatic carbocycles. The predicted octanol–water partition coefficient (Wildman–Crippen LogP) is 5.34. The van der Waals surface area contributed by atoms with Gasteiger partial charge in [0.05, 0.1) is 0 Å². The summed E-state index contributed by atoms with van der Waals surface area (Å²) >= 11 is 0.331. The van der Waals surface area contributed by atoms with Crippen molar-refractivity contribution in [2.45, 2.75) is 95.1 Å². The first-order valence-electron chi connectivity index (χ1n) is 12.1. The second-order valence-corrected chi connectivity index (χ2v) is 21.5. The van der Waals surface area contributed by atoms with Crippen molar-refractivity contribution in [1.82, 2.24) is 0 Å². The summed E-state index contributed by atoms with van der Waals surface area (Å²) in [4.78, 5) is 1.26. The van der Waals surface area contributed by atoms with Crippen LogP contribution in [0.1, 0.15) is 62.5 Å². The molecule has 0 heterocycles. The van der Waals surface area contributed by atoms with Crippen molar-refractivity contribution in [3.63, 3.8) is 0 Å². The Balaban J connectivity index is 1.50. The molecule has 2 saturated carbocycles. The predicted molar refractivity (Wildman–Crippen MR) is 140 cm³/mol. The van der Waals surface area contributed by atoms with Crippen LogP contribution >= 0.6 is 0 Å². The van der Waals surface area contributed by atoms with Gasteiger partial charge in [0.2, 0.25) is 0 Å². The zero-order valence-electron chi connectivity index (χ0n) is 19.9. The summed E-state index contributed by atoms with van der Waals surface area (Å²) in [6.45, 7) is 3.94. The second-order valence-electron chi connectivity index (χ2n) is 9.63. The molecular weight excluding hydrogens is 598 g/mol. The van der Waals surface area contributed by atoms with Gasteiger partial charge in [-0.1, -0.05) is 0 Å². The van der Waals surface area contributed by atoms with Crippen molar-refractivity contribution >= 4 is 45.9 Å². The molecule has 34 heavy (non-hydrogen) atoms. The van der Waals surface area contributed by atoms with Crippen LogP contribution in [0, 0.1) is 13.8 Å². The molecule has 4 rings (SSSR count). The van der Waals surface area contributed by atoms with Gasteiger partial charge in [-0.2, -0.15) is 0 Å². The van der Waals surface area contributed by atoms with E-state index in [-0.39, 0.29) is 46.4 Å². The summed E-state index contributed by atoms with van der Waals surface area (Å²) in [5.41, 5.74) is 2.12. The molecule has 2 aromatic rings. The minimum absolute atomic E-state index is 0.166. The zero-order valence-corrected chi connectivity index (χ0v) is 24.9. The average Bonchev–Trinajstić information content (AvgIpc) is 2.83. The number of aryl methyl sites for hydroxylation is 2. The Bertz CT molecular complexity index is 1080. The molecule has 2 aliphatic rings. The van der Waals surface area contributed by atoms with E-state index in [1.54, 1.807) is 24.3 Å². The summed E-state index contributed by atoms with van der Waals surface area (Å²) in [6.07, 6.45) is 7.46. The van der Waals surface area contributed by atoms with Gasteiger partial charge in [0.25, 0.3) is 0 Å². The van der Waals surface area contributed by atoms with E-state index in [9.17, 15) is 16.8 Å². The van der Waals surface area contributed by atoms with Crippen molar-refractivity contribution in [1.29, 1.82) is 0 Å². The fourth-order valence-electron chi connectivity index (χ4n) is 5.00. The van der Waals surface area contributed by atoms with E-state index in [2.05, 4.69) is 0 Å². The molecular formula is C26H34O4S2Se2. The van der Waals surface area contributed by atoms with Gasteiger partial charge in [0.15, 0.2) is 0 Å². The Morgan fingerprint density at radius 1 is 0.559 bits per heavy atom. The fourth-order valence-corrected chi connectivity index (χ4v) is 23.8. The normalized spacial score (nSPS) is 26.3. The number of benzene rings is 2. The number of hydrogen-bond acceptors (Lipinski definition) is 4. The van der Waals surface area contributed by atoms with Crippen LogP contribution in [0.4, 0.5) is 0 Å². The van der Waals surface area contributed by atoms with Gasteiger partial charge in [-0.15, -0.1) is 0 Å². The van der Waals surface area contributed by atoms with Gasteiger partial charge >= 0.3 is 218 Å². The second kappa shape index (κ2) is 11.2. The standard InChI is InChI=1S/C26H34O4S2Se2/c1-19-11-15-21(16-12-19)31(27,28)23-7-3-5-9-25(23)33-34-26-10-6-4-8-24(26)32(29,30)22-17-13-20(2)14-18-22/h11-18,23-26H,3-10H2,1-2H3. The van der Waals surface area contributed by atoms with E-state index in [1.807, 2.05) is 38.1 Å². The first-order valence-corrected chi connectivity index (χ1v) is 21.5. The van der Waals surface area contributed by atoms with E-state index >= 15 is 0 Å². The Morgan fingerprint density at radius 3 is 1.24 bits per heavy atom. The Hall–Kier alpha value is -0.621. The maximum atomic E-state index is 13.5. The van der Waals surface area contributed by atoms with Crippen molar-refractivity contribution in [2.75, 3.05) is 0 Å². The third-order valence-corrected chi connectivity index (χ3v) is 22.7. The summed E-state index contributed by atoms with van der Waals surface area (Å²) in [7, 11) is -6.73. The number of rotatable bonds is 7. The zero-order chi connectivity index (χ0) is 24.3. The molecule has 0 aromatic heterocycles. The molecule has 0 bridgehead atoms. The molecule has 8 heteroatoms. The molecule has 0 aliphatic heterocycles.